The molecule has 8 heteroatoms. The Labute approximate surface area is 169 Å². The molecule has 3 aromatic rings. The summed E-state index contributed by atoms with van der Waals surface area (Å²) in [5.41, 5.74) is 2.74. The second-order valence-electron chi connectivity index (χ2n) is 6.89. The van der Waals surface area contributed by atoms with E-state index in [1.807, 2.05) is 13.0 Å². The van der Waals surface area contributed by atoms with E-state index in [4.69, 9.17) is 5.26 Å². The molecule has 0 unspecified atom stereocenters. The third-order valence-corrected chi connectivity index (χ3v) is 6.40. The molecule has 0 saturated heterocycles. The zero-order chi connectivity index (χ0) is 21.3. The van der Waals surface area contributed by atoms with E-state index < -0.39 is 15.4 Å². The Balaban J connectivity index is 2.12. The maximum Gasteiger partial charge on any atom is 0.293 e. The van der Waals surface area contributed by atoms with Crippen molar-refractivity contribution in [3.05, 3.63) is 75.2 Å². The van der Waals surface area contributed by atoms with Crippen molar-refractivity contribution >= 4 is 21.3 Å². The lowest BCUT2D eigenvalue weighted by atomic mass is 10.1. The van der Waals surface area contributed by atoms with E-state index in [2.05, 4.69) is 10.3 Å². The average molecular weight is 408 g/mol. The minimum absolute atomic E-state index is 0.110. The summed E-state index contributed by atoms with van der Waals surface area (Å²) >= 11 is 0. The van der Waals surface area contributed by atoms with Crippen LogP contribution in [0.25, 0.3) is 0 Å². The number of nitrogens with one attached hydrogen (secondary N) is 1. The summed E-state index contributed by atoms with van der Waals surface area (Å²) in [5.74, 6) is -0.110. The van der Waals surface area contributed by atoms with Crippen LogP contribution in [-0.2, 0) is 16.9 Å². The third-order valence-electron chi connectivity index (χ3n) is 4.47. The zero-order valence-corrected chi connectivity index (χ0v) is 17.3. The third kappa shape index (κ3) is 3.91. The highest BCUT2D eigenvalue weighted by Crippen LogP contribution is 2.27. The predicted molar refractivity (Wildman–Crippen MR) is 110 cm³/mol. The van der Waals surface area contributed by atoms with E-state index in [0.717, 1.165) is 5.56 Å². The normalized spacial score (nSPS) is 11.1. The average Bonchev–Trinajstić information content (AvgIpc) is 2.64. The van der Waals surface area contributed by atoms with Gasteiger partial charge in [0.05, 0.1) is 16.5 Å². The van der Waals surface area contributed by atoms with Crippen LogP contribution >= 0.6 is 0 Å². The summed E-state index contributed by atoms with van der Waals surface area (Å²) in [6, 6.07) is 12.0. The van der Waals surface area contributed by atoms with Crippen molar-refractivity contribution in [3.63, 3.8) is 0 Å². The summed E-state index contributed by atoms with van der Waals surface area (Å²) < 4.78 is 27.8. The lowest BCUT2D eigenvalue weighted by Crippen LogP contribution is -2.24. The maximum absolute atomic E-state index is 13.3. The minimum Gasteiger partial charge on any atom is -0.336 e. The van der Waals surface area contributed by atoms with Gasteiger partial charge < -0.3 is 9.88 Å². The molecule has 1 aromatic heterocycles. The molecule has 0 aliphatic heterocycles. The maximum atomic E-state index is 13.3. The monoisotopic (exact) mass is 408 g/mol. The first-order valence-corrected chi connectivity index (χ1v) is 10.3. The molecule has 0 saturated carbocycles. The van der Waals surface area contributed by atoms with Crippen molar-refractivity contribution in [1.29, 1.82) is 5.26 Å². The fourth-order valence-corrected chi connectivity index (χ4v) is 4.93. The number of nitriles is 1. The molecule has 3 rings (SSSR count). The summed E-state index contributed by atoms with van der Waals surface area (Å²) in [5, 5.41) is 11.5. The molecule has 0 bridgehead atoms. The van der Waals surface area contributed by atoms with Crippen LogP contribution in [0.5, 0.6) is 0 Å². The van der Waals surface area contributed by atoms with Gasteiger partial charge in [0, 0.05) is 18.9 Å². The molecule has 148 valence electrons. The number of nitrogens with zero attached hydrogens (tertiary/aromatic N) is 3. The Hall–Kier alpha value is -3.44. The van der Waals surface area contributed by atoms with Crippen molar-refractivity contribution in [3.8, 4) is 6.07 Å². The van der Waals surface area contributed by atoms with Gasteiger partial charge in [-0.2, -0.15) is 5.26 Å². The number of sulfone groups is 1. The van der Waals surface area contributed by atoms with Gasteiger partial charge in [0.15, 0.2) is 10.8 Å². The first-order valence-electron chi connectivity index (χ1n) is 8.81. The Morgan fingerprint density at radius 1 is 1.07 bits per heavy atom. The summed E-state index contributed by atoms with van der Waals surface area (Å²) in [6.45, 7) is 5.38. The molecule has 0 spiro atoms. The van der Waals surface area contributed by atoms with E-state index >= 15 is 0 Å². The summed E-state index contributed by atoms with van der Waals surface area (Å²) in [4.78, 5) is 16.8. The van der Waals surface area contributed by atoms with Crippen LogP contribution in [0.2, 0.25) is 0 Å². The molecule has 2 aromatic carbocycles. The van der Waals surface area contributed by atoms with E-state index in [1.165, 1.54) is 17.8 Å². The van der Waals surface area contributed by atoms with Crippen LogP contribution in [0.4, 0.5) is 11.5 Å². The molecule has 29 heavy (non-hydrogen) atoms. The molecule has 0 atom stereocenters. The molecule has 0 fully saturated rings. The highest BCUT2D eigenvalue weighted by Gasteiger charge is 2.26. The molecule has 0 amide bonds. The van der Waals surface area contributed by atoms with Crippen molar-refractivity contribution in [2.24, 2.45) is 7.05 Å². The lowest BCUT2D eigenvalue weighted by molar-refractivity contribution is 0.588. The quantitative estimate of drug-likeness (QED) is 0.711. The van der Waals surface area contributed by atoms with Crippen LogP contribution in [0.1, 0.15) is 22.3 Å². The first kappa shape index (κ1) is 20.3. The van der Waals surface area contributed by atoms with Gasteiger partial charge in [0.1, 0.15) is 0 Å². The molecule has 0 aliphatic rings. The van der Waals surface area contributed by atoms with Gasteiger partial charge in [-0.25, -0.2) is 13.4 Å². The van der Waals surface area contributed by atoms with Crippen LogP contribution in [0.15, 0.2) is 57.3 Å². The molecular formula is C21H20N4O3S. The highest BCUT2D eigenvalue weighted by molar-refractivity contribution is 7.91. The molecule has 0 radical (unpaired) electrons. The van der Waals surface area contributed by atoms with E-state index in [9.17, 15) is 13.2 Å². The number of aromatic nitrogens is 2. The van der Waals surface area contributed by atoms with Crippen molar-refractivity contribution in [1.82, 2.24) is 9.55 Å². The van der Waals surface area contributed by atoms with Crippen LogP contribution < -0.4 is 10.9 Å². The van der Waals surface area contributed by atoms with Crippen molar-refractivity contribution in [2.75, 3.05) is 5.32 Å². The predicted octanol–water partition coefficient (Wildman–Crippen LogP) is 3.15. The Kier molecular flexibility index (Phi) is 5.27. The van der Waals surface area contributed by atoms with Crippen LogP contribution in [0.3, 0.4) is 0 Å². The fourth-order valence-electron chi connectivity index (χ4n) is 3.25. The number of hydrogen-bond acceptors (Lipinski definition) is 6. The Morgan fingerprint density at radius 3 is 2.21 bits per heavy atom. The Morgan fingerprint density at radius 2 is 1.66 bits per heavy atom. The number of anilines is 2. The van der Waals surface area contributed by atoms with Gasteiger partial charge in [-0.15, -0.1) is 0 Å². The largest absolute Gasteiger partial charge is 0.336 e. The van der Waals surface area contributed by atoms with Gasteiger partial charge >= 0.3 is 0 Å². The van der Waals surface area contributed by atoms with Gasteiger partial charge in [-0.1, -0.05) is 17.7 Å². The number of hydrogen-bond donors (Lipinski definition) is 1. The number of aryl methyl sites for hydroxylation is 4. The molecule has 0 aliphatic carbocycles. The van der Waals surface area contributed by atoms with Crippen LogP contribution in [0, 0.1) is 32.1 Å². The lowest BCUT2D eigenvalue weighted by Gasteiger charge is -2.14. The number of rotatable bonds is 4. The fraction of sp³-hybridized carbons (Fsp3) is 0.190. The van der Waals surface area contributed by atoms with Gasteiger partial charge in [0.25, 0.3) is 5.56 Å². The van der Waals surface area contributed by atoms with E-state index in [0.29, 0.717) is 22.4 Å². The molecular weight excluding hydrogens is 388 g/mol. The minimum atomic E-state index is -3.94. The van der Waals surface area contributed by atoms with E-state index in [-0.39, 0.29) is 15.7 Å². The second kappa shape index (κ2) is 7.53. The van der Waals surface area contributed by atoms with Gasteiger partial charge in [-0.05, 0) is 56.2 Å². The SMILES string of the molecule is Cc1cc(C)c(S(=O)(=O)c2cn(C)c(=O)c(Nc3ccc(C#N)cc3)n2)c(C)c1. The van der Waals surface area contributed by atoms with Gasteiger partial charge in [-0.3, -0.25) is 4.79 Å². The highest BCUT2D eigenvalue weighted by atomic mass is 32.2. The molecule has 1 heterocycles. The van der Waals surface area contributed by atoms with Crippen molar-refractivity contribution in [2.45, 2.75) is 30.7 Å². The smallest absolute Gasteiger partial charge is 0.293 e. The molecule has 1 N–H and O–H groups in total. The summed E-state index contributed by atoms with van der Waals surface area (Å²) in [7, 11) is -2.46. The molecule has 7 nitrogen and oxygen atoms in total. The zero-order valence-electron chi connectivity index (χ0n) is 16.5. The number of benzene rings is 2. The topological polar surface area (TPSA) is 105 Å². The van der Waals surface area contributed by atoms with Gasteiger partial charge in [0.2, 0.25) is 9.84 Å². The van der Waals surface area contributed by atoms with E-state index in [1.54, 1.807) is 50.2 Å². The first-order chi connectivity index (χ1) is 13.6. The second-order valence-corrected chi connectivity index (χ2v) is 8.72. The Bertz CT molecular complexity index is 1280. The standard InChI is InChI=1S/C21H20N4O3S/c1-13-9-14(2)19(15(3)10-13)29(27,28)18-12-25(4)21(26)20(24-18)23-17-7-5-16(11-22)6-8-17/h5-10,12H,1-4H3,(H,23,24). The summed E-state index contributed by atoms with van der Waals surface area (Å²) in [6.07, 6.45) is 1.22. The van der Waals surface area contributed by atoms with Crippen molar-refractivity contribution < 1.29 is 8.42 Å². The van der Waals surface area contributed by atoms with Crippen LogP contribution in [-0.4, -0.2) is 18.0 Å².